The minimum Gasteiger partial charge on any atom is -0.508 e. The maximum atomic E-state index is 12.1. The highest BCUT2D eigenvalue weighted by Crippen LogP contribution is 2.16. The summed E-state index contributed by atoms with van der Waals surface area (Å²) in [7, 11) is -3.91. The van der Waals surface area contributed by atoms with Crippen LogP contribution in [0.2, 0.25) is 0 Å². The maximum absolute atomic E-state index is 12.1. The normalized spacial score (nSPS) is 12.0. The predicted octanol–water partition coefficient (Wildman–Crippen LogP) is 1.14. The van der Waals surface area contributed by atoms with Crippen molar-refractivity contribution >= 4 is 27.3 Å². The number of phenolic OH excluding ortho intramolecular Hbond substituents is 1. The van der Waals surface area contributed by atoms with Crippen LogP contribution in [0.15, 0.2) is 61.7 Å². The van der Waals surface area contributed by atoms with Crippen LogP contribution in [0.4, 0.5) is 0 Å². The highest BCUT2D eigenvalue weighted by molar-refractivity contribution is 7.89. The van der Waals surface area contributed by atoms with E-state index in [4.69, 9.17) is 4.42 Å². The summed E-state index contributed by atoms with van der Waals surface area (Å²) in [6, 6.07) is 10.1. The van der Waals surface area contributed by atoms with E-state index in [9.17, 15) is 18.3 Å². The van der Waals surface area contributed by atoms with Crippen molar-refractivity contribution in [3.8, 4) is 5.75 Å². The predicted molar refractivity (Wildman–Crippen MR) is 82.9 cm³/mol. The lowest BCUT2D eigenvalue weighted by Gasteiger charge is -2.02. The molecule has 3 N–H and O–H groups in total. The van der Waals surface area contributed by atoms with Gasteiger partial charge >= 0.3 is 5.76 Å². The molecule has 2 aromatic carbocycles. The topological polar surface area (TPSA) is 125 Å². The smallest absolute Gasteiger partial charge is 0.417 e. The number of hydrazone groups is 1. The third-order valence-corrected chi connectivity index (χ3v) is 4.18. The summed E-state index contributed by atoms with van der Waals surface area (Å²) in [5, 5.41) is 13.0. The number of sulfonamides is 1. The molecule has 0 fully saturated rings. The molecule has 23 heavy (non-hydrogen) atoms. The van der Waals surface area contributed by atoms with Crippen molar-refractivity contribution in [2.75, 3.05) is 0 Å². The van der Waals surface area contributed by atoms with E-state index in [1.165, 1.54) is 36.5 Å². The number of rotatable bonds is 4. The molecule has 8 nitrogen and oxygen atoms in total. The molecule has 118 valence electrons. The van der Waals surface area contributed by atoms with Crippen LogP contribution < -0.4 is 10.6 Å². The van der Waals surface area contributed by atoms with E-state index in [2.05, 4.69) is 10.1 Å². The standard InChI is InChI=1S/C14H11N3O5S/c18-10-3-1-2-9(6-10)8-15-17-23(20,21)11-4-5-12-13(7-11)22-14(19)16-12/h1-8,17-18H,(H,16,19)/b15-8+. The zero-order chi connectivity index (χ0) is 16.4. The minimum atomic E-state index is -3.91. The molecule has 0 radical (unpaired) electrons. The Balaban J connectivity index is 1.83. The molecule has 3 rings (SSSR count). The Morgan fingerprint density at radius 3 is 2.83 bits per heavy atom. The van der Waals surface area contributed by atoms with E-state index in [1.54, 1.807) is 12.1 Å². The first-order valence-electron chi connectivity index (χ1n) is 6.41. The lowest BCUT2D eigenvalue weighted by atomic mass is 10.2. The summed E-state index contributed by atoms with van der Waals surface area (Å²) in [5.41, 5.74) is 1.06. The number of fused-ring (bicyclic) bond motifs is 1. The molecule has 9 heteroatoms. The maximum Gasteiger partial charge on any atom is 0.417 e. The summed E-state index contributed by atoms with van der Waals surface area (Å²) in [5.74, 6) is -0.617. The monoisotopic (exact) mass is 333 g/mol. The lowest BCUT2D eigenvalue weighted by Crippen LogP contribution is -2.18. The van der Waals surface area contributed by atoms with Gasteiger partial charge in [-0.2, -0.15) is 13.5 Å². The van der Waals surface area contributed by atoms with Crippen molar-refractivity contribution in [3.63, 3.8) is 0 Å². The second kappa shape index (κ2) is 5.61. The van der Waals surface area contributed by atoms with Crippen LogP contribution in [0.5, 0.6) is 5.75 Å². The van der Waals surface area contributed by atoms with E-state index in [1.807, 2.05) is 4.83 Å². The molecule has 0 atom stereocenters. The van der Waals surface area contributed by atoms with Crippen LogP contribution in [-0.4, -0.2) is 24.7 Å². The number of hydrogen-bond acceptors (Lipinski definition) is 6. The van der Waals surface area contributed by atoms with Crippen molar-refractivity contribution in [3.05, 3.63) is 58.6 Å². The molecule has 0 bridgehead atoms. The zero-order valence-electron chi connectivity index (χ0n) is 11.6. The summed E-state index contributed by atoms with van der Waals surface area (Å²) in [6.45, 7) is 0. The van der Waals surface area contributed by atoms with E-state index < -0.39 is 15.8 Å². The molecule has 0 aliphatic rings. The van der Waals surface area contributed by atoms with Gasteiger partial charge in [-0.05, 0) is 29.8 Å². The van der Waals surface area contributed by atoms with E-state index >= 15 is 0 Å². The molecule has 0 saturated carbocycles. The molecule has 0 aliphatic heterocycles. The van der Waals surface area contributed by atoms with Gasteiger partial charge in [0.05, 0.1) is 16.6 Å². The van der Waals surface area contributed by atoms with Gasteiger partial charge < -0.3 is 9.52 Å². The zero-order valence-corrected chi connectivity index (χ0v) is 12.4. The summed E-state index contributed by atoms with van der Waals surface area (Å²) >= 11 is 0. The quantitative estimate of drug-likeness (QED) is 0.488. The van der Waals surface area contributed by atoms with Gasteiger partial charge in [0.2, 0.25) is 0 Å². The molecular formula is C14H11N3O5S. The van der Waals surface area contributed by atoms with Crippen LogP contribution in [0.25, 0.3) is 11.1 Å². The fourth-order valence-electron chi connectivity index (χ4n) is 1.92. The Morgan fingerprint density at radius 2 is 2.04 bits per heavy atom. The van der Waals surface area contributed by atoms with Crippen LogP contribution in [0.1, 0.15) is 5.56 Å². The lowest BCUT2D eigenvalue weighted by molar-refractivity contribution is 0.475. The number of aromatic nitrogens is 1. The fraction of sp³-hybridized carbons (Fsp3) is 0. The number of H-pyrrole nitrogens is 1. The van der Waals surface area contributed by atoms with Crippen LogP contribution in [-0.2, 0) is 10.0 Å². The van der Waals surface area contributed by atoms with Crippen LogP contribution >= 0.6 is 0 Å². The number of benzene rings is 2. The number of oxazole rings is 1. The Hall–Kier alpha value is -3.07. The average Bonchev–Trinajstić information content (AvgIpc) is 2.86. The molecule has 0 unspecified atom stereocenters. The van der Waals surface area contributed by atoms with Gasteiger partial charge in [0.15, 0.2) is 5.58 Å². The highest BCUT2D eigenvalue weighted by atomic mass is 32.2. The highest BCUT2D eigenvalue weighted by Gasteiger charge is 2.14. The van der Waals surface area contributed by atoms with Crippen molar-refractivity contribution in [1.82, 2.24) is 9.82 Å². The van der Waals surface area contributed by atoms with Gasteiger partial charge in [-0.15, -0.1) is 0 Å². The molecule has 1 aromatic heterocycles. The number of aromatic amines is 1. The van der Waals surface area contributed by atoms with Gasteiger partial charge in [-0.1, -0.05) is 12.1 Å². The molecule has 0 aliphatic carbocycles. The number of nitrogens with one attached hydrogen (secondary N) is 2. The largest absolute Gasteiger partial charge is 0.508 e. The van der Waals surface area contributed by atoms with Gasteiger partial charge in [-0.25, -0.2) is 9.63 Å². The van der Waals surface area contributed by atoms with E-state index in [-0.39, 0.29) is 16.2 Å². The van der Waals surface area contributed by atoms with Crippen molar-refractivity contribution < 1.29 is 17.9 Å². The average molecular weight is 333 g/mol. The second-order valence-electron chi connectivity index (χ2n) is 4.62. The summed E-state index contributed by atoms with van der Waals surface area (Å²) in [6.07, 6.45) is 1.26. The van der Waals surface area contributed by atoms with E-state index in [0.29, 0.717) is 11.1 Å². The van der Waals surface area contributed by atoms with Gasteiger partial charge in [-0.3, -0.25) is 4.98 Å². The van der Waals surface area contributed by atoms with Gasteiger partial charge in [0, 0.05) is 6.07 Å². The molecule has 3 aromatic rings. The second-order valence-corrected chi connectivity index (χ2v) is 6.28. The first kappa shape index (κ1) is 14.9. The van der Waals surface area contributed by atoms with Crippen LogP contribution in [0, 0.1) is 0 Å². The molecule has 0 spiro atoms. The van der Waals surface area contributed by atoms with Gasteiger partial charge in [0.1, 0.15) is 5.75 Å². The number of hydrogen-bond donors (Lipinski definition) is 3. The molecule has 1 heterocycles. The van der Waals surface area contributed by atoms with Crippen molar-refractivity contribution in [2.24, 2.45) is 5.10 Å². The Bertz CT molecular complexity index is 1050. The molecule has 0 saturated heterocycles. The first-order valence-corrected chi connectivity index (χ1v) is 7.89. The first-order chi connectivity index (χ1) is 10.9. The number of nitrogens with zero attached hydrogens (tertiary/aromatic N) is 1. The Morgan fingerprint density at radius 1 is 1.22 bits per heavy atom. The summed E-state index contributed by atoms with van der Waals surface area (Å²) in [4.78, 5) is 15.4. The third-order valence-electron chi connectivity index (χ3n) is 2.96. The summed E-state index contributed by atoms with van der Waals surface area (Å²) < 4.78 is 29.1. The molecular weight excluding hydrogens is 322 g/mol. The van der Waals surface area contributed by atoms with Crippen LogP contribution in [0.3, 0.4) is 0 Å². The van der Waals surface area contributed by atoms with Crippen molar-refractivity contribution in [2.45, 2.75) is 4.90 Å². The Kier molecular flexibility index (Phi) is 3.62. The van der Waals surface area contributed by atoms with E-state index in [0.717, 1.165) is 0 Å². The SMILES string of the molecule is O=c1[nH]c2ccc(S(=O)(=O)N/N=C/c3cccc(O)c3)cc2o1. The van der Waals surface area contributed by atoms with Crippen molar-refractivity contribution in [1.29, 1.82) is 0 Å². The van der Waals surface area contributed by atoms with Gasteiger partial charge in [0.25, 0.3) is 10.0 Å². The Labute approximate surface area is 130 Å². The third kappa shape index (κ3) is 3.24. The minimum absolute atomic E-state index is 0.0461. The fourth-order valence-corrected chi connectivity index (χ4v) is 2.73. The molecule has 0 amide bonds. The number of aromatic hydroxyl groups is 1. The number of phenols is 1.